The predicted molar refractivity (Wildman–Crippen MR) is 115 cm³/mol. The number of anilines is 1. The van der Waals surface area contributed by atoms with Gasteiger partial charge in [-0.1, -0.05) is 42.4 Å². The van der Waals surface area contributed by atoms with Gasteiger partial charge in [-0.3, -0.25) is 4.99 Å². The van der Waals surface area contributed by atoms with Crippen molar-refractivity contribution in [2.75, 3.05) is 11.9 Å². The van der Waals surface area contributed by atoms with Crippen LogP contribution < -0.4 is 11.1 Å². The van der Waals surface area contributed by atoms with Crippen molar-refractivity contribution in [1.82, 2.24) is 10.1 Å². The van der Waals surface area contributed by atoms with Gasteiger partial charge in [0, 0.05) is 24.2 Å². The van der Waals surface area contributed by atoms with Crippen LogP contribution in [0.15, 0.2) is 64.1 Å². The van der Waals surface area contributed by atoms with Gasteiger partial charge in [0.1, 0.15) is 0 Å². The molecule has 0 aliphatic carbocycles. The molecule has 0 bridgehead atoms. The Labute approximate surface area is 169 Å². The minimum atomic E-state index is 0. The Morgan fingerprint density at radius 1 is 1.12 bits per heavy atom. The highest BCUT2D eigenvalue weighted by molar-refractivity contribution is 14.0. The third-order valence-electron chi connectivity index (χ3n) is 3.71. The molecule has 0 aliphatic rings. The number of nitrogens with one attached hydrogen (secondary N) is 1. The maximum atomic E-state index is 5.90. The molecule has 2 aromatic carbocycles. The number of rotatable bonds is 6. The third kappa shape index (κ3) is 5.55. The molecule has 0 amide bonds. The highest BCUT2D eigenvalue weighted by atomic mass is 127. The Balaban J connectivity index is 0.00000243. The molecular weight excluding hydrogens is 441 g/mol. The molecule has 3 aromatic rings. The number of guanidine groups is 1. The number of halogens is 1. The normalized spacial score (nSPS) is 11.0. The van der Waals surface area contributed by atoms with Crippen molar-refractivity contribution >= 4 is 35.6 Å². The third-order valence-corrected chi connectivity index (χ3v) is 3.71. The quantitative estimate of drug-likeness (QED) is 0.329. The standard InChI is InChI=1S/C19H21N5O.HI/c1-2-17-23-18(25-24-17)15-10-8-14(9-11-15)12-13-21-19(20)22-16-6-4-3-5-7-16;/h3-11H,2,12-13H2,1H3,(H3,20,21,22);1H. The van der Waals surface area contributed by atoms with E-state index in [4.69, 9.17) is 10.3 Å². The van der Waals surface area contributed by atoms with Crippen LogP contribution in [0.1, 0.15) is 18.3 Å². The highest BCUT2D eigenvalue weighted by Crippen LogP contribution is 2.18. The first-order valence-corrected chi connectivity index (χ1v) is 8.28. The second-order valence-electron chi connectivity index (χ2n) is 5.57. The number of hydrogen-bond acceptors (Lipinski definition) is 4. The van der Waals surface area contributed by atoms with Crippen LogP contribution in [0.4, 0.5) is 5.69 Å². The van der Waals surface area contributed by atoms with Crippen molar-refractivity contribution < 1.29 is 4.52 Å². The fraction of sp³-hybridized carbons (Fsp3) is 0.211. The fourth-order valence-corrected chi connectivity index (χ4v) is 2.34. The average molecular weight is 463 g/mol. The molecule has 6 nitrogen and oxygen atoms in total. The zero-order valence-electron chi connectivity index (χ0n) is 14.6. The van der Waals surface area contributed by atoms with Gasteiger partial charge in [0.15, 0.2) is 11.8 Å². The van der Waals surface area contributed by atoms with E-state index < -0.39 is 0 Å². The summed E-state index contributed by atoms with van der Waals surface area (Å²) in [6.07, 6.45) is 1.57. The van der Waals surface area contributed by atoms with Crippen molar-refractivity contribution in [3.05, 3.63) is 66.0 Å². The molecule has 0 unspecified atom stereocenters. The van der Waals surface area contributed by atoms with Crippen molar-refractivity contribution in [2.24, 2.45) is 10.7 Å². The molecule has 1 aromatic heterocycles. The van der Waals surface area contributed by atoms with Crippen LogP contribution >= 0.6 is 24.0 Å². The van der Waals surface area contributed by atoms with E-state index in [1.54, 1.807) is 0 Å². The molecule has 1 heterocycles. The number of para-hydroxylation sites is 1. The monoisotopic (exact) mass is 463 g/mol. The minimum Gasteiger partial charge on any atom is -0.370 e. The summed E-state index contributed by atoms with van der Waals surface area (Å²) < 4.78 is 5.24. The topological polar surface area (TPSA) is 89.3 Å². The zero-order valence-corrected chi connectivity index (χ0v) is 16.9. The van der Waals surface area contributed by atoms with Crippen molar-refractivity contribution in [2.45, 2.75) is 19.8 Å². The van der Waals surface area contributed by atoms with Crippen molar-refractivity contribution in [1.29, 1.82) is 0 Å². The van der Waals surface area contributed by atoms with Gasteiger partial charge in [-0.05, 0) is 36.2 Å². The van der Waals surface area contributed by atoms with Crippen LogP contribution in [0.25, 0.3) is 11.5 Å². The van der Waals surface area contributed by atoms with Crippen LogP contribution in [0.5, 0.6) is 0 Å². The number of hydrogen-bond donors (Lipinski definition) is 2. The molecule has 0 saturated carbocycles. The summed E-state index contributed by atoms with van der Waals surface area (Å²) >= 11 is 0. The lowest BCUT2D eigenvalue weighted by atomic mass is 10.1. The number of benzene rings is 2. The van der Waals surface area contributed by atoms with Gasteiger partial charge in [-0.15, -0.1) is 24.0 Å². The van der Waals surface area contributed by atoms with Gasteiger partial charge in [-0.2, -0.15) is 4.98 Å². The number of aryl methyl sites for hydroxylation is 1. The van der Waals surface area contributed by atoms with E-state index in [0.717, 1.165) is 29.9 Å². The number of aromatic nitrogens is 2. The lowest BCUT2D eigenvalue weighted by Crippen LogP contribution is -2.23. The van der Waals surface area contributed by atoms with E-state index in [9.17, 15) is 0 Å². The number of nitrogens with zero attached hydrogens (tertiary/aromatic N) is 3. The maximum Gasteiger partial charge on any atom is 0.257 e. The SMILES string of the molecule is CCc1noc(-c2ccc(CCN=C(N)Nc3ccccc3)cc2)n1.I. The van der Waals surface area contributed by atoms with Gasteiger partial charge >= 0.3 is 0 Å². The summed E-state index contributed by atoms with van der Waals surface area (Å²) in [5.74, 6) is 1.69. The Morgan fingerprint density at radius 3 is 2.50 bits per heavy atom. The molecule has 0 aliphatic heterocycles. The molecule has 3 rings (SSSR count). The largest absolute Gasteiger partial charge is 0.370 e. The predicted octanol–water partition coefficient (Wildman–Crippen LogP) is 3.89. The first kappa shape index (κ1) is 19.9. The summed E-state index contributed by atoms with van der Waals surface area (Å²) in [7, 11) is 0. The van der Waals surface area contributed by atoms with E-state index >= 15 is 0 Å². The van der Waals surface area contributed by atoms with Gasteiger partial charge in [0.05, 0.1) is 0 Å². The number of nitrogens with two attached hydrogens (primary N) is 1. The van der Waals surface area contributed by atoms with Crippen LogP contribution in [-0.2, 0) is 12.8 Å². The van der Waals surface area contributed by atoms with Crippen molar-refractivity contribution in [3.63, 3.8) is 0 Å². The zero-order chi connectivity index (χ0) is 17.5. The van der Waals surface area contributed by atoms with Crippen LogP contribution in [0.2, 0.25) is 0 Å². The molecule has 3 N–H and O–H groups in total. The van der Waals surface area contributed by atoms with Crippen LogP contribution in [0, 0.1) is 0 Å². The summed E-state index contributed by atoms with van der Waals surface area (Å²) in [4.78, 5) is 8.68. The minimum absolute atomic E-state index is 0. The van der Waals surface area contributed by atoms with Crippen LogP contribution in [0.3, 0.4) is 0 Å². The Morgan fingerprint density at radius 2 is 1.85 bits per heavy atom. The summed E-state index contributed by atoms with van der Waals surface area (Å²) in [6, 6.07) is 17.8. The van der Waals surface area contributed by atoms with E-state index in [1.165, 1.54) is 5.56 Å². The smallest absolute Gasteiger partial charge is 0.257 e. The highest BCUT2D eigenvalue weighted by Gasteiger charge is 2.07. The summed E-state index contributed by atoms with van der Waals surface area (Å²) in [5.41, 5.74) is 8.92. The maximum absolute atomic E-state index is 5.90. The number of aliphatic imine (C=N–C) groups is 1. The second-order valence-corrected chi connectivity index (χ2v) is 5.57. The molecule has 0 radical (unpaired) electrons. The van der Waals surface area contributed by atoms with E-state index in [-0.39, 0.29) is 24.0 Å². The van der Waals surface area contributed by atoms with Gasteiger partial charge in [-0.25, -0.2) is 0 Å². The Kier molecular flexibility index (Phi) is 7.58. The van der Waals surface area contributed by atoms with E-state index in [0.29, 0.717) is 18.4 Å². The molecule has 0 atom stereocenters. The lowest BCUT2D eigenvalue weighted by molar-refractivity contribution is 0.423. The van der Waals surface area contributed by atoms with Gasteiger partial charge in [0.2, 0.25) is 0 Å². The van der Waals surface area contributed by atoms with Gasteiger partial charge < -0.3 is 15.6 Å². The fourth-order valence-electron chi connectivity index (χ4n) is 2.34. The van der Waals surface area contributed by atoms with E-state index in [2.05, 4.69) is 20.4 Å². The summed E-state index contributed by atoms with van der Waals surface area (Å²) in [5, 5.41) is 6.98. The van der Waals surface area contributed by atoms with Crippen molar-refractivity contribution in [3.8, 4) is 11.5 Å². The van der Waals surface area contributed by atoms with Gasteiger partial charge in [0.25, 0.3) is 5.89 Å². The first-order valence-electron chi connectivity index (χ1n) is 8.28. The second kappa shape index (κ2) is 9.91. The first-order chi connectivity index (χ1) is 12.2. The molecule has 136 valence electrons. The Hall–Kier alpha value is -2.42. The molecule has 0 spiro atoms. The lowest BCUT2D eigenvalue weighted by Gasteiger charge is -2.05. The Bertz CT molecular complexity index is 831. The molecular formula is C19H22IN5O. The molecule has 0 fully saturated rings. The van der Waals surface area contributed by atoms with Crippen LogP contribution in [-0.4, -0.2) is 22.6 Å². The summed E-state index contributed by atoms with van der Waals surface area (Å²) in [6.45, 7) is 2.61. The molecule has 26 heavy (non-hydrogen) atoms. The molecule has 7 heteroatoms. The molecule has 0 saturated heterocycles. The average Bonchev–Trinajstić information content (AvgIpc) is 3.12. The van der Waals surface area contributed by atoms with E-state index in [1.807, 2.05) is 61.5 Å².